The molecule has 130 valence electrons. The highest BCUT2D eigenvalue weighted by molar-refractivity contribution is 5.99. The molecule has 0 bridgehead atoms. The number of rotatable bonds is 3. The minimum Gasteiger partial charge on any atom is -0.338 e. The fourth-order valence-electron chi connectivity index (χ4n) is 3.34. The molecule has 0 atom stereocenters. The van der Waals surface area contributed by atoms with E-state index >= 15 is 0 Å². The second kappa shape index (κ2) is 5.79. The Kier molecular flexibility index (Phi) is 4.05. The number of hydrogen-bond donors (Lipinski definition) is 0. The van der Waals surface area contributed by atoms with Crippen LogP contribution in [0.25, 0.3) is 0 Å². The summed E-state index contributed by atoms with van der Waals surface area (Å²) in [7, 11) is 0. The lowest BCUT2D eigenvalue weighted by molar-refractivity contribution is -0.138. The van der Waals surface area contributed by atoms with Gasteiger partial charge in [0.15, 0.2) is 0 Å². The Labute approximate surface area is 138 Å². The van der Waals surface area contributed by atoms with Gasteiger partial charge in [0.2, 0.25) is 5.91 Å². The average Bonchev–Trinajstić information content (AvgIpc) is 3.02. The molecule has 0 aromatic heterocycles. The van der Waals surface area contributed by atoms with Crippen LogP contribution in [0.2, 0.25) is 0 Å². The standard InChI is InChI=1S/C17H19F3N2O2/c1-10(2)22-9-13-12(16(22)24)6-11(7-14(13)17(18,19)20)8-21-5-3-4-15(21)23/h6-7,10H,3-5,8-9H2,1-2H3. The summed E-state index contributed by atoms with van der Waals surface area (Å²) in [6.07, 6.45) is -3.38. The van der Waals surface area contributed by atoms with Crippen molar-refractivity contribution in [3.05, 3.63) is 34.4 Å². The minimum absolute atomic E-state index is 0.0242. The van der Waals surface area contributed by atoms with E-state index in [1.165, 1.54) is 11.0 Å². The average molecular weight is 340 g/mol. The van der Waals surface area contributed by atoms with E-state index in [-0.39, 0.29) is 42.1 Å². The van der Waals surface area contributed by atoms with Gasteiger partial charge < -0.3 is 9.80 Å². The smallest absolute Gasteiger partial charge is 0.338 e. The zero-order chi connectivity index (χ0) is 17.6. The van der Waals surface area contributed by atoms with E-state index in [1.807, 2.05) is 0 Å². The van der Waals surface area contributed by atoms with Crippen molar-refractivity contribution >= 4 is 11.8 Å². The summed E-state index contributed by atoms with van der Waals surface area (Å²) in [5.41, 5.74) is -0.258. The number of benzene rings is 1. The number of nitrogens with zero attached hydrogens (tertiary/aromatic N) is 2. The molecule has 3 rings (SSSR count). The molecule has 0 radical (unpaired) electrons. The first-order valence-electron chi connectivity index (χ1n) is 8.00. The van der Waals surface area contributed by atoms with Crippen LogP contribution in [0.15, 0.2) is 12.1 Å². The molecule has 2 heterocycles. The van der Waals surface area contributed by atoms with Gasteiger partial charge in [-0.25, -0.2) is 0 Å². The molecule has 1 saturated heterocycles. The Hall–Kier alpha value is -2.05. The fraction of sp³-hybridized carbons (Fsp3) is 0.529. The van der Waals surface area contributed by atoms with Gasteiger partial charge in [-0.15, -0.1) is 0 Å². The Morgan fingerprint density at radius 2 is 1.92 bits per heavy atom. The highest BCUT2D eigenvalue weighted by Gasteiger charge is 2.40. The molecule has 1 fully saturated rings. The molecule has 2 amide bonds. The minimum atomic E-state index is -4.53. The van der Waals surface area contributed by atoms with E-state index in [0.29, 0.717) is 18.5 Å². The van der Waals surface area contributed by atoms with Crippen LogP contribution in [0.5, 0.6) is 0 Å². The predicted molar refractivity (Wildman–Crippen MR) is 81.1 cm³/mol. The summed E-state index contributed by atoms with van der Waals surface area (Å²) < 4.78 is 40.4. The Balaban J connectivity index is 2.02. The van der Waals surface area contributed by atoms with Crippen molar-refractivity contribution < 1.29 is 22.8 Å². The molecule has 7 heteroatoms. The number of carbonyl (C=O) groups excluding carboxylic acids is 2. The van der Waals surface area contributed by atoms with Crippen LogP contribution in [0.3, 0.4) is 0 Å². The summed E-state index contributed by atoms with van der Waals surface area (Å²) in [6, 6.07) is 2.43. The van der Waals surface area contributed by atoms with E-state index in [4.69, 9.17) is 0 Å². The summed E-state index contributed by atoms with van der Waals surface area (Å²) >= 11 is 0. The van der Waals surface area contributed by atoms with Crippen LogP contribution in [0.1, 0.15) is 53.7 Å². The molecular weight excluding hydrogens is 321 g/mol. The molecular formula is C17H19F3N2O2. The first kappa shape index (κ1) is 16.8. The highest BCUT2D eigenvalue weighted by Crippen LogP contribution is 2.39. The Morgan fingerprint density at radius 3 is 2.46 bits per heavy atom. The molecule has 4 nitrogen and oxygen atoms in total. The van der Waals surface area contributed by atoms with Gasteiger partial charge in [-0.1, -0.05) is 0 Å². The zero-order valence-corrected chi connectivity index (χ0v) is 13.6. The van der Waals surface area contributed by atoms with E-state index in [1.54, 1.807) is 18.7 Å². The van der Waals surface area contributed by atoms with Gasteiger partial charge in [-0.2, -0.15) is 13.2 Å². The fourth-order valence-corrected chi connectivity index (χ4v) is 3.34. The third-order valence-electron chi connectivity index (χ3n) is 4.60. The molecule has 24 heavy (non-hydrogen) atoms. The Morgan fingerprint density at radius 1 is 1.21 bits per heavy atom. The predicted octanol–water partition coefficient (Wildman–Crippen LogP) is 3.19. The SMILES string of the molecule is CC(C)N1Cc2c(cc(CN3CCCC3=O)cc2C(F)(F)F)C1=O. The van der Waals surface area contributed by atoms with Crippen molar-refractivity contribution in [2.75, 3.05) is 6.54 Å². The van der Waals surface area contributed by atoms with Crippen LogP contribution in [-0.2, 0) is 24.1 Å². The molecule has 0 aliphatic carbocycles. The van der Waals surface area contributed by atoms with E-state index in [9.17, 15) is 22.8 Å². The van der Waals surface area contributed by atoms with Crippen LogP contribution >= 0.6 is 0 Å². The number of fused-ring (bicyclic) bond motifs is 1. The van der Waals surface area contributed by atoms with Crippen LogP contribution in [0.4, 0.5) is 13.2 Å². The van der Waals surface area contributed by atoms with Crippen LogP contribution in [0, 0.1) is 0 Å². The number of hydrogen-bond acceptors (Lipinski definition) is 2. The quantitative estimate of drug-likeness (QED) is 0.848. The van der Waals surface area contributed by atoms with E-state index in [0.717, 1.165) is 12.5 Å². The van der Waals surface area contributed by atoms with Crippen molar-refractivity contribution in [1.82, 2.24) is 9.80 Å². The van der Waals surface area contributed by atoms with E-state index in [2.05, 4.69) is 0 Å². The maximum absolute atomic E-state index is 13.5. The summed E-state index contributed by atoms with van der Waals surface area (Å²) in [5.74, 6) is -0.431. The number of amides is 2. The largest absolute Gasteiger partial charge is 0.416 e. The van der Waals surface area contributed by atoms with Crippen molar-refractivity contribution in [3.63, 3.8) is 0 Å². The van der Waals surface area contributed by atoms with Gasteiger partial charge >= 0.3 is 6.18 Å². The van der Waals surface area contributed by atoms with Gasteiger partial charge in [-0.05, 0) is 43.5 Å². The zero-order valence-electron chi connectivity index (χ0n) is 13.6. The number of alkyl halides is 3. The van der Waals surface area contributed by atoms with Gasteiger partial charge in [0.25, 0.3) is 5.91 Å². The normalized spacial score (nSPS) is 18.1. The number of halogens is 3. The highest BCUT2D eigenvalue weighted by atomic mass is 19.4. The molecule has 0 unspecified atom stereocenters. The molecule has 0 saturated carbocycles. The van der Waals surface area contributed by atoms with Gasteiger partial charge in [0, 0.05) is 37.7 Å². The maximum Gasteiger partial charge on any atom is 0.416 e. The summed E-state index contributed by atoms with van der Waals surface area (Å²) in [6.45, 7) is 4.19. The molecule has 2 aliphatic rings. The van der Waals surface area contributed by atoms with E-state index < -0.39 is 11.7 Å². The lowest BCUT2D eigenvalue weighted by Crippen LogP contribution is -2.30. The molecule has 2 aliphatic heterocycles. The topological polar surface area (TPSA) is 40.6 Å². The molecule has 0 spiro atoms. The molecule has 1 aromatic carbocycles. The van der Waals surface area contributed by atoms with Crippen molar-refractivity contribution in [1.29, 1.82) is 0 Å². The van der Waals surface area contributed by atoms with Crippen LogP contribution in [-0.4, -0.2) is 34.2 Å². The summed E-state index contributed by atoms with van der Waals surface area (Å²) in [5, 5.41) is 0. The van der Waals surface area contributed by atoms with Gasteiger partial charge in [-0.3, -0.25) is 9.59 Å². The number of likely N-dealkylation sites (tertiary alicyclic amines) is 1. The first-order valence-corrected chi connectivity index (χ1v) is 8.00. The lowest BCUT2D eigenvalue weighted by atomic mass is 9.98. The maximum atomic E-state index is 13.5. The molecule has 1 aromatic rings. The number of carbonyl (C=O) groups is 2. The third kappa shape index (κ3) is 2.87. The Bertz CT molecular complexity index is 698. The van der Waals surface area contributed by atoms with Crippen molar-refractivity contribution in [3.8, 4) is 0 Å². The van der Waals surface area contributed by atoms with Crippen molar-refractivity contribution in [2.45, 2.75) is 52.0 Å². The lowest BCUT2D eigenvalue weighted by Gasteiger charge is -2.20. The molecule has 0 N–H and O–H groups in total. The van der Waals surface area contributed by atoms with Crippen LogP contribution < -0.4 is 0 Å². The first-order chi connectivity index (χ1) is 11.2. The van der Waals surface area contributed by atoms with Gasteiger partial charge in [0.1, 0.15) is 0 Å². The second-order valence-electron chi connectivity index (χ2n) is 6.61. The monoisotopic (exact) mass is 340 g/mol. The van der Waals surface area contributed by atoms with Gasteiger partial charge in [0.05, 0.1) is 5.56 Å². The van der Waals surface area contributed by atoms with Crippen molar-refractivity contribution in [2.24, 2.45) is 0 Å². The third-order valence-corrected chi connectivity index (χ3v) is 4.60. The second-order valence-corrected chi connectivity index (χ2v) is 6.61. The summed E-state index contributed by atoms with van der Waals surface area (Å²) in [4.78, 5) is 27.2.